The van der Waals surface area contributed by atoms with Crippen molar-refractivity contribution in [2.45, 2.75) is 57.7 Å². The molecule has 3 heteroatoms. The molecular formula is C18H27NO2. The summed E-state index contributed by atoms with van der Waals surface area (Å²) in [5.74, 6) is 1.75. The Bertz CT molecular complexity index is 480. The van der Waals surface area contributed by atoms with Crippen molar-refractivity contribution in [2.24, 2.45) is 5.92 Å². The lowest BCUT2D eigenvalue weighted by Gasteiger charge is -2.40. The molecule has 2 aliphatic rings. The summed E-state index contributed by atoms with van der Waals surface area (Å²) < 4.78 is 11.6. The molecule has 2 aliphatic heterocycles. The summed E-state index contributed by atoms with van der Waals surface area (Å²) in [5.41, 5.74) is 1.19. The van der Waals surface area contributed by atoms with Gasteiger partial charge in [-0.05, 0) is 45.6 Å². The summed E-state index contributed by atoms with van der Waals surface area (Å²) >= 11 is 0. The molecular weight excluding hydrogens is 262 g/mol. The number of hydrogen-bond acceptors (Lipinski definition) is 3. The maximum absolute atomic E-state index is 6.12. The molecule has 3 rings (SSSR count). The maximum Gasteiger partial charge on any atom is 0.124 e. The molecule has 0 aliphatic carbocycles. The molecule has 2 atom stereocenters. The van der Waals surface area contributed by atoms with Gasteiger partial charge in [0.05, 0.1) is 0 Å². The highest BCUT2D eigenvalue weighted by Gasteiger charge is 2.35. The van der Waals surface area contributed by atoms with E-state index in [0.29, 0.717) is 12.1 Å². The summed E-state index contributed by atoms with van der Waals surface area (Å²) in [6, 6.07) is 9.33. The summed E-state index contributed by atoms with van der Waals surface area (Å²) in [6.45, 7) is 8.49. The van der Waals surface area contributed by atoms with Crippen LogP contribution < -0.4 is 10.1 Å². The average Bonchev–Trinajstić information content (AvgIpc) is 2.47. The van der Waals surface area contributed by atoms with Crippen LogP contribution in [0.4, 0.5) is 0 Å². The minimum absolute atomic E-state index is 0.110. The second-order valence-corrected chi connectivity index (χ2v) is 7.06. The smallest absolute Gasteiger partial charge is 0.124 e. The highest BCUT2D eigenvalue weighted by Crippen LogP contribution is 2.39. The summed E-state index contributed by atoms with van der Waals surface area (Å²) in [7, 11) is 0. The van der Waals surface area contributed by atoms with Gasteiger partial charge in [0.25, 0.3) is 0 Å². The van der Waals surface area contributed by atoms with Gasteiger partial charge < -0.3 is 14.8 Å². The first-order chi connectivity index (χ1) is 10.1. The van der Waals surface area contributed by atoms with Crippen LogP contribution in [0.25, 0.3) is 0 Å². The largest absolute Gasteiger partial charge is 0.487 e. The highest BCUT2D eigenvalue weighted by molar-refractivity contribution is 5.38. The van der Waals surface area contributed by atoms with E-state index >= 15 is 0 Å². The summed E-state index contributed by atoms with van der Waals surface area (Å²) in [5, 5.41) is 3.86. The lowest BCUT2D eigenvalue weighted by atomic mass is 9.87. The van der Waals surface area contributed by atoms with Gasteiger partial charge in [-0.2, -0.15) is 0 Å². The molecule has 0 radical (unpaired) electrons. The number of ether oxygens (including phenoxy) is 2. The van der Waals surface area contributed by atoms with Gasteiger partial charge in [0, 0.05) is 37.3 Å². The van der Waals surface area contributed by atoms with E-state index in [2.05, 4.69) is 50.4 Å². The molecule has 1 aromatic carbocycles. The number of hydrogen-bond donors (Lipinski definition) is 1. The van der Waals surface area contributed by atoms with Gasteiger partial charge >= 0.3 is 0 Å². The van der Waals surface area contributed by atoms with Crippen LogP contribution in [0.3, 0.4) is 0 Å². The van der Waals surface area contributed by atoms with Crippen molar-refractivity contribution in [3.8, 4) is 5.75 Å². The monoisotopic (exact) mass is 289 g/mol. The van der Waals surface area contributed by atoms with Crippen LogP contribution in [0.15, 0.2) is 24.3 Å². The first-order valence-electron chi connectivity index (χ1n) is 8.17. The number of rotatable bonds is 3. The molecule has 0 spiro atoms. The number of benzene rings is 1. The van der Waals surface area contributed by atoms with Gasteiger partial charge in [0.1, 0.15) is 11.4 Å². The van der Waals surface area contributed by atoms with E-state index in [4.69, 9.17) is 9.47 Å². The minimum Gasteiger partial charge on any atom is -0.487 e. The van der Waals surface area contributed by atoms with Crippen LogP contribution >= 0.6 is 0 Å². The zero-order chi connectivity index (χ0) is 14.9. The predicted molar refractivity (Wildman–Crippen MR) is 84.6 cm³/mol. The topological polar surface area (TPSA) is 30.5 Å². The Morgan fingerprint density at radius 1 is 1.19 bits per heavy atom. The van der Waals surface area contributed by atoms with Gasteiger partial charge in [0.15, 0.2) is 0 Å². The molecule has 1 aromatic rings. The molecule has 0 saturated carbocycles. The number of para-hydroxylation sites is 1. The van der Waals surface area contributed by atoms with Crippen molar-refractivity contribution in [2.75, 3.05) is 13.2 Å². The maximum atomic E-state index is 6.12. The first-order valence-corrected chi connectivity index (χ1v) is 8.17. The van der Waals surface area contributed by atoms with E-state index in [1.807, 2.05) is 0 Å². The molecule has 1 N–H and O–H groups in total. The lowest BCUT2D eigenvalue weighted by Crippen LogP contribution is -2.44. The third kappa shape index (κ3) is 3.41. The van der Waals surface area contributed by atoms with Crippen molar-refractivity contribution in [1.29, 1.82) is 0 Å². The van der Waals surface area contributed by atoms with Crippen molar-refractivity contribution < 1.29 is 9.47 Å². The summed E-state index contributed by atoms with van der Waals surface area (Å²) in [6.07, 6.45) is 3.35. The quantitative estimate of drug-likeness (QED) is 0.920. The molecule has 1 fully saturated rings. The SMILES string of the molecule is CC(NC1CC(C)(C)Oc2ccccc21)C1CCOCC1. The van der Waals surface area contributed by atoms with Gasteiger partial charge in [-0.3, -0.25) is 0 Å². The second-order valence-electron chi connectivity index (χ2n) is 7.06. The third-order valence-corrected chi connectivity index (χ3v) is 4.81. The van der Waals surface area contributed by atoms with Crippen molar-refractivity contribution in [3.63, 3.8) is 0 Å². The van der Waals surface area contributed by atoms with Crippen molar-refractivity contribution in [1.82, 2.24) is 5.32 Å². The van der Waals surface area contributed by atoms with E-state index in [1.165, 1.54) is 18.4 Å². The Kier molecular flexibility index (Phi) is 4.23. The Labute approximate surface area is 128 Å². The van der Waals surface area contributed by atoms with Crippen LogP contribution in [0.5, 0.6) is 5.75 Å². The van der Waals surface area contributed by atoms with Gasteiger partial charge in [0.2, 0.25) is 0 Å². The molecule has 2 heterocycles. The Balaban J connectivity index is 1.74. The second kappa shape index (κ2) is 5.98. The van der Waals surface area contributed by atoms with E-state index in [-0.39, 0.29) is 5.60 Å². The fourth-order valence-corrected chi connectivity index (χ4v) is 3.62. The normalized spacial score (nSPS) is 26.7. The predicted octanol–water partition coefficient (Wildman–Crippen LogP) is 3.69. The van der Waals surface area contributed by atoms with Crippen LogP contribution in [-0.2, 0) is 4.74 Å². The third-order valence-electron chi connectivity index (χ3n) is 4.81. The van der Waals surface area contributed by atoms with Crippen LogP contribution in [0.2, 0.25) is 0 Å². The van der Waals surface area contributed by atoms with Gasteiger partial charge in [-0.1, -0.05) is 18.2 Å². The first kappa shape index (κ1) is 14.9. The minimum atomic E-state index is -0.110. The van der Waals surface area contributed by atoms with E-state index in [9.17, 15) is 0 Å². The van der Waals surface area contributed by atoms with Gasteiger partial charge in [-0.25, -0.2) is 0 Å². The van der Waals surface area contributed by atoms with E-state index in [0.717, 1.165) is 31.3 Å². The van der Waals surface area contributed by atoms with E-state index < -0.39 is 0 Å². The fourth-order valence-electron chi connectivity index (χ4n) is 3.62. The molecule has 0 aromatic heterocycles. The van der Waals surface area contributed by atoms with Crippen molar-refractivity contribution in [3.05, 3.63) is 29.8 Å². The number of nitrogens with one attached hydrogen (secondary N) is 1. The molecule has 2 unspecified atom stereocenters. The van der Waals surface area contributed by atoms with Gasteiger partial charge in [-0.15, -0.1) is 0 Å². The van der Waals surface area contributed by atoms with E-state index in [1.54, 1.807) is 0 Å². The Morgan fingerprint density at radius 3 is 2.67 bits per heavy atom. The average molecular weight is 289 g/mol. The fraction of sp³-hybridized carbons (Fsp3) is 0.667. The Morgan fingerprint density at radius 2 is 1.90 bits per heavy atom. The molecule has 116 valence electrons. The lowest BCUT2D eigenvalue weighted by molar-refractivity contribution is 0.0421. The molecule has 21 heavy (non-hydrogen) atoms. The molecule has 1 saturated heterocycles. The standard InChI is InChI=1S/C18H27NO2/c1-13(14-8-10-20-11-9-14)19-16-12-18(2,3)21-17-7-5-4-6-15(16)17/h4-7,13-14,16,19H,8-12H2,1-3H3. The molecule has 0 amide bonds. The molecule has 3 nitrogen and oxygen atoms in total. The summed E-state index contributed by atoms with van der Waals surface area (Å²) in [4.78, 5) is 0. The van der Waals surface area contributed by atoms with Crippen LogP contribution in [-0.4, -0.2) is 24.9 Å². The number of fused-ring (bicyclic) bond motifs is 1. The molecule has 0 bridgehead atoms. The van der Waals surface area contributed by atoms with Crippen LogP contribution in [0, 0.1) is 5.92 Å². The zero-order valence-corrected chi connectivity index (χ0v) is 13.4. The van der Waals surface area contributed by atoms with Crippen molar-refractivity contribution >= 4 is 0 Å². The highest BCUT2D eigenvalue weighted by atomic mass is 16.5. The zero-order valence-electron chi connectivity index (χ0n) is 13.4. The van der Waals surface area contributed by atoms with Crippen LogP contribution in [0.1, 0.15) is 51.6 Å². The Hall–Kier alpha value is -1.06.